The second kappa shape index (κ2) is 11.4. The Morgan fingerprint density at radius 3 is 2.59 bits per heavy atom. The number of anilines is 2. The highest BCUT2D eigenvalue weighted by Gasteiger charge is 2.32. The summed E-state index contributed by atoms with van der Waals surface area (Å²) in [4.78, 5) is 0.0838. The number of nitrogens with one attached hydrogen (secondary N) is 2. The SMILES string of the molecule is COc1cc(S(C)(=O)=O)ccc1NCC#Cc1cc2c(N[C@@H]3CCC(O)C[C@@H]3F)cccc2n1CC(F)(F)F. The molecule has 0 radical (unpaired) electrons. The van der Waals surface area contributed by atoms with Crippen molar-refractivity contribution in [2.75, 3.05) is 30.5 Å². The van der Waals surface area contributed by atoms with Crippen LogP contribution in [0, 0.1) is 11.8 Å². The molecule has 3 atom stereocenters. The number of nitrogens with zero attached hydrogens (tertiary/aromatic N) is 1. The largest absolute Gasteiger partial charge is 0.495 e. The number of alkyl halides is 4. The molecule has 7 nitrogen and oxygen atoms in total. The quantitative estimate of drug-likeness (QED) is 0.282. The van der Waals surface area contributed by atoms with Crippen LogP contribution in [0.25, 0.3) is 10.9 Å². The van der Waals surface area contributed by atoms with Crippen molar-refractivity contribution in [2.45, 2.75) is 55.2 Å². The number of halogens is 4. The highest BCUT2D eigenvalue weighted by Crippen LogP contribution is 2.33. The van der Waals surface area contributed by atoms with Crippen LogP contribution >= 0.6 is 0 Å². The molecule has 210 valence electrons. The van der Waals surface area contributed by atoms with E-state index in [0.29, 0.717) is 35.1 Å². The molecule has 0 bridgehead atoms. The van der Waals surface area contributed by atoms with Gasteiger partial charge in [0.05, 0.1) is 47.6 Å². The van der Waals surface area contributed by atoms with E-state index in [1.807, 2.05) is 0 Å². The zero-order chi connectivity index (χ0) is 28.4. The fraction of sp³-hybridized carbons (Fsp3) is 0.407. The van der Waals surface area contributed by atoms with E-state index in [1.54, 1.807) is 24.3 Å². The molecule has 3 aromatic rings. The van der Waals surface area contributed by atoms with Crippen molar-refractivity contribution in [2.24, 2.45) is 0 Å². The van der Waals surface area contributed by atoms with Gasteiger partial charge >= 0.3 is 6.18 Å². The molecule has 1 unspecified atom stereocenters. The zero-order valence-corrected chi connectivity index (χ0v) is 22.2. The third-order valence-electron chi connectivity index (χ3n) is 6.55. The van der Waals surface area contributed by atoms with Crippen LogP contribution in [0.15, 0.2) is 47.4 Å². The third kappa shape index (κ3) is 6.96. The summed E-state index contributed by atoms with van der Waals surface area (Å²) >= 11 is 0. The van der Waals surface area contributed by atoms with Gasteiger partial charge in [-0.05, 0) is 49.1 Å². The lowest BCUT2D eigenvalue weighted by Crippen LogP contribution is -2.38. The standard InChI is InChI=1S/C27H29F4N3O4S/c1-38-26-15-19(39(2,36)37)9-11-24(26)32-12-4-5-17-13-20-22(33-23-10-8-18(35)14-21(23)28)6-3-7-25(20)34(17)16-27(29,30)31/h3,6-7,9,11,13,15,18,21,23,32-33,35H,8,10,12,14,16H2,1-2H3/t18?,21-,23+/m0/s1. The van der Waals surface area contributed by atoms with E-state index in [4.69, 9.17) is 4.74 Å². The molecule has 1 aromatic heterocycles. The van der Waals surface area contributed by atoms with Gasteiger partial charge in [0.15, 0.2) is 9.84 Å². The second-order valence-electron chi connectivity index (χ2n) is 9.49. The molecular weight excluding hydrogens is 538 g/mol. The van der Waals surface area contributed by atoms with E-state index in [0.717, 1.165) is 10.8 Å². The Morgan fingerprint density at radius 1 is 1.15 bits per heavy atom. The zero-order valence-electron chi connectivity index (χ0n) is 21.3. The lowest BCUT2D eigenvalue weighted by atomic mass is 9.91. The van der Waals surface area contributed by atoms with Crippen molar-refractivity contribution in [1.29, 1.82) is 0 Å². The molecule has 12 heteroatoms. The van der Waals surface area contributed by atoms with Gasteiger partial charge in [0.2, 0.25) is 0 Å². The summed E-state index contributed by atoms with van der Waals surface area (Å²) < 4.78 is 84.8. The number of hydrogen-bond donors (Lipinski definition) is 3. The first-order valence-corrected chi connectivity index (χ1v) is 14.1. The summed E-state index contributed by atoms with van der Waals surface area (Å²) in [7, 11) is -2.04. The Labute approximate surface area is 224 Å². The van der Waals surface area contributed by atoms with Crippen LogP contribution in [-0.4, -0.2) is 62.5 Å². The summed E-state index contributed by atoms with van der Waals surface area (Å²) in [6.45, 7) is -1.21. The van der Waals surface area contributed by atoms with E-state index < -0.39 is 40.9 Å². The van der Waals surface area contributed by atoms with Gasteiger partial charge in [-0.15, -0.1) is 0 Å². The van der Waals surface area contributed by atoms with E-state index >= 15 is 0 Å². The molecule has 1 heterocycles. The van der Waals surface area contributed by atoms with Gasteiger partial charge < -0.3 is 25.0 Å². The van der Waals surface area contributed by atoms with Crippen LogP contribution in [0.4, 0.5) is 28.9 Å². The van der Waals surface area contributed by atoms with Crippen LogP contribution in [0.3, 0.4) is 0 Å². The molecule has 1 aliphatic carbocycles. The smallest absolute Gasteiger partial charge is 0.406 e. The molecule has 3 N–H and O–H groups in total. The van der Waals surface area contributed by atoms with Crippen LogP contribution < -0.4 is 15.4 Å². The first kappa shape index (κ1) is 28.6. The van der Waals surface area contributed by atoms with Crippen LogP contribution in [0.1, 0.15) is 25.0 Å². The average molecular weight is 568 g/mol. The molecule has 2 aromatic carbocycles. The predicted molar refractivity (Wildman–Crippen MR) is 142 cm³/mol. The maximum absolute atomic E-state index is 14.5. The number of aromatic nitrogens is 1. The number of sulfone groups is 1. The maximum Gasteiger partial charge on any atom is 0.406 e. The minimum atomic E-state index is -4.50. The van der Waals surface area contributed by atoms with Crippen LogP contribution in [0.2, 0.25) is 0 Å². The topological polar surface area (TPSA) is 92.6 Å². The van der Waals surface area contributed by atoms with Crippen LogP contribution in [-0.2, 0) is 16.4 Å². The third-order valence-corrected chi connectivity index (χ3v) is 7.66. The number of aliphatic hydroxyl groups is 1. The summed E-state index contributed by atoms with van der Waals surface area (Å²) in [6, 6.07) is 10.1. The van der Waals surface area contributed by atoms with Crippen molar-refractivity contribution in [3.05, 3.63) is 48.2 Å². The predicted octanol–water partition coefficient (Wildman–Crippen LogP) is 4.74. The second-order valence-corrected chi connectivity index (χ2v) is 11.5. The molecule has 39 heavy (non-hydrogen) atoms. The molecule has 0 aliphatic heterocycles. The molecule has 0 saturated heterocycles. The minimum Gasteiger partial charge on any atom is -0.495 e. The highest BCUT2D eigenvalue weighted by molar-refractivity contribution is 7.90. The van der Waals surface area contributed by atoms with E-state index in [2.05, 4.69) is 22.5 Å². The molecule has 4 rings (SSSR count). The summed E-state index contributed by atoms with van der Waals surface area (Å²) in [5, 5.41) is 16.3. The van der Waals surface area contributed by atoms with Gasteiger partial charge in [-0.3, -0.25) is 0 Å². The fourth-order valence-corrected chi connectivity index (χ4v) is 5.28. The monoisotopic (exact) mass is 567 g/mol. The number of fused-ring (bicyclic) bond motifs is 1. The molecule has 1 fully saturated rings. The van der Waals surface area contributed by atoms with Crippen molar-refractivity contribution in [1.82, 2.24) is 4.57 Å². The lowest BCUT2D eigenvalue weighted by Gasteiger charge is -2.30. The van der Waals surface area contributed by atoms with Gasteiger partial charge in [0, 0.05) is 29.8 Å². The minimum absolute atomic E-state index is 0.00816. The summed E-state index contributed by atoms with van der Waals surface area (Å²) in [6.07, 6.45) is -4.55. The Kier molecular flexibility index (Phi) is 8.32. The van der Waals surface area contributed by atoms with Gasteiger partial charge in [-0.25, -0.2) is 12.8 Å². The molecule has 1 aliphatic rings. The normalized spacial score (nSPS) is 19.8. The number of benzene rings is 2. The average Bonchev–Trinajstić information content (AvgIpc) is 3.19. The number of aliphatic hydroxyl groups excluding tert-OH is 1. The molecule has 0 spiro atoms. The van der Waals surface area contributed by atoms with Crippen molar-refractivity contribution >= 4 is 32.1 Å². The lowest BCUT2D eigenvalue weighted by molar-refractivity contribution is -0.140. The number of ether oxygens (including phenoxy) is 1. The fourth-order valence-electron chi connectivity index (χ4n) is 4.64. The van der Waals surface area contributed by atoms with Crippen LogP contribution in [0.5, 0.6) is 5.75 Å². The van der Waals surface area contributed by atoms with Crippen molar-refractivity contribution in [3.8, 4) is 17.6 Å². The molecule has 1 saturated carbocycles. The van der Waals surface area contributed by atoms with E-state index in [9.17, 15) is 31.1 Å². The Morgan fingerprint density at radius 2 is 1.92 bits per heavy atom. The number of hydrogen-bond acceptors (Lipinski definition) is 6. The first-order chi connectivity index (χ1) is 18.4. The Bertz CT molecular complexity index is 1510. The maximum atomic E-state index is 14.5. The molecular formula is C27H29F4N3O4S. The van der Waals surface area contributed by atoms with Gasteiger partial charge in [-0.2, -0.15) is 13.2 Å². The number of methoxy groups -OCH3 is 1. The summed E-state index contributed by atoms with van der Waals surface area (Å²) in [5.41, 5.74) is 1.40. The summed E-state index contributed by atoms with van der Waals surface area (Å²) in [5.74, 6) is 5.89. The highest BCUT2D eigenvalue weighted by atomic mass is 32.2. The van der Waals surface area contributed by atoms with Gasteiger partial charge in [0.1, 0.15) is 18.5 Å². The van der Waals surface area contributed by atoms with Gasteiger partial charge in [0.25, 0.3) is 0 Å². The van der Waals surface area contributed by atoms with E-state index in [-0.39, 0.29) is 29.3 Å². The van der Waals surface area contributed by atoms with Crippen molar-refractivity contribution in [3.63, 3.8) is 0 Å². The number of rotatable bonds is 7. The Hall–Kier alpha value is -3.43. The first-order valence-electron chi connectivity index (χ1n) is 12.2. The van der Waals surface area contributed by atoms with Gasteiger partial charge in [-0.1, -0.05) is 12.0 Å². The molecule has 0 amide bonds. The Balaban J connectivity index is 1.61. The van der Waals surface area contributed by atoms with Crippen molar-refractivity contribution < 1.29 is 35.8 Å². The van der Waals surface area contributed by atoms with E-state index in [1.165, 1.54) is 25.3 Å².